The van der Waals surface area contributed by atoms with Crippen LogP contribution in [0.4, 0.5) is 10.1 Å². The normalized spacial score (nSPS) is 11.9. The molecule has 0 saturated carbocycles. The summed E-state index contributed by atoms with van der Waals surface area (Å²) >= 11 is 5.79. The van der Waals surface area contributed by atoms with Crippen molar-refractivity contribution in [3.8, 4) is 6.07 Å². The average molecular weight is 379 g/mol. The number of imidazole rings is 1. The third-order valence-corrected chi connectivity index (χ3v) is 4.70. The number of aromatic nitrogens is 2. The van der Waals surface area contributed by atoms with Gasteiger partial charge in [-0.25, -0.2) is 9.37 Å². The zero-order valence-corrected chi connectivity index (χ0v) is 14.9. The predicted molar refractivity (Wildman–Crippen MR) is 103 cm³/mol. The van der Waals surface area contributed by atoms with Crippen LogP contribution in [0.25, 0.3) is 22.9 Å². The van der Waals surface area contributed by atoms with Crippen molar-refractivity contribution in [3.63, 3.8) is 0 Å². The molecular weight excluding hydrogens is 367 g/mol. The van der Waals surface area contributed by atoms with Crippen molar-refractivity contribution in [1.29, 1.82) is 5.26 Å². The summed E-state index contributed by atoms with van der Waals surface area (Å²) in [6.07, 6.45) is 1.50. The quantitative estimate of drug-likeness (QED) is 0.580. The molecule has 5 nitrogen and oxygen atoms in total. The molecule has 0 aliphatic rings. The Bertz CT molecular complexity index is 1370. The van der Waals surface area contributed by atoms with E-state index in [9.17, 15) is 14.4 Å². The van der Waals surface area contributed by atoms with Crippen LogP contribution >= 0.6 is 11.6 Å². The van der Waals surface area contributed by atoms with E-state index in [2.05, 4.69) is 16.4 Å². The summed E-state index contributed by atoms with van der Waals surface area (Å²) in [5.41, 5.74) is 2.68. The van der Waals surface area contributed by atoms with E-state index in [0.29, 0.717) is 38.7 Å². The van der Waals surface area contributed by atoms with E-state index in [-0.39, 0.29) is 10.6 Å². The van der Waals surface area contributed by atoms with Gasteiger partial charge < -0.3 is 5.32 Å². The third kappa shape index (κ3) is 2.69. The summed E-state index contributed by atoms with van der Waals surface area (Å²) in [6, 6.07) is 13.5. The predicted octanol–water partition coefficient (Wildman–Crippen LogP) is 3.39. The molecule has 0 fully saturated rings. The lowest BCUT2D eigenvalue weighted by atomic mass is 10.1. The van der Waals surface area contributed by atoms with Crippen molar-refractivity contribution in [2.45, 2.75) is 6.92 Å². The van der Waals surface area contributed by atoms with Crippen molar-refractivity contribution in [3.05, 3.63) is 80.0 Å². The molecule has 2 heterocycles. The highest BCUT2D eigenvalue weighted by atomic mass is 35.5. The molecule has 0 unspecified atom stereocenters. The maximum absolute atomic E-state index is 13.3. The summed E-state index contributed by atoms with van der Waals surface area (Å²) < 4.78 is 14.7. The number of hydrogen-bond donors (Lipinski definition) is 1. The Morgan fingerprint density at radius 3 is 2.81 bits per heavy atom. The summed E-state index contributed by atoms with van der Waals surface area (Å²) in [5.74, 6) is -0.527. The molecule has 4 rings (SSSR count). The van der Waals surface area contributed by atoms with Crippen LogP contribution in [0, 0.1) is 24.1 Å². The Kier molecular flexibility index (Phi) is 4.02. The van der Waals surface area contributed by atoms with Crippen LogP contribution < -0.4 is 16.1 Å². The standard InChI is InChI=1S/C20H12ClFN4O/c1-11-13(9-23)19-25-17-4-2-3-5-18(17)26(19)20(27)14(11)10-24-12-6-7-16(22)15(21)8-12/h2-8,10,24H,1H3/b14-10+. The van der Waals surface area contributed by atoms with Gasteiger partial charge in [0, 0.05) is 11.9 Å². The largest absolute Gasteiger partial charge is 0.361 e. The number of halogens is 2. The lowest BCUT2D eigenvalue weighted by Crippen LogP contribution is -2.34. The number of hydrogen-bond acceptors (Lipinski definition) is 4. The minimum atomic E-state index is -0.527. The van der Waals surface area contributed by atoms with E-state index in [4.69, 9.17) is 11.6 Å². The fraction of sp³-hybridized carbons (Fsp3) is 0.0500. The first-order valence-electron chi connectivity index (χ1n) is 8.07. The molecule has 0 aliphatic carbocycles. The summed E-state index contributed by atoms with van der Waals surface area (Å²) in [7, 11) is 0. The van der Waals surface area contributed by atoms with Crippen LogP contribution in [0.2, 0.25) is 5.02 Å². The maximum Gasteiger partial charge on any atom is 0.265 e. The number of anilines is 1. The van der Waals surface area contributed by atoms with Crippen molar-refractivity contribution in [2.24, 2.45) is 0 Å². The number of pyridine rings is 1. The Labute approximate surface area is 157 Å². The molecule has 0 spiro atoms. The Balaban J connectivity index is 2.00. The van der Waals surface area contributed by atoms with Gasteiger partial charge in [-0.3, -0.25) is 9.20 Å². The minimum absolute atomic E-state index is 0.0266. The number of para-hydroxylation sites is 2. The molecule has 0 radical (unpaired) electrons. The second-order valence-corrected chi connectivity index (χ2v) is 6.41. The van der Waals surface area contributed by atoms with Gasteiger partial charge in [0.25, 0.3) is 5.56 Å². The Morgan fingerprint density at radius 2 is 2.07 bits per heavy atom. The fourth-order valence-corrected chi connectivity index (χ4v) is 3.21. The van der Waals surface area contributed by atoms with E-state index in [0.717, 1.165) is 0 Å². The number of nitrogens with one attached hydrogen (secondary N) is 1. The number of nitriles is 1. The summed E-state index contributed by atoms with van der Waals surface area (Å²) in [6.45, 7) is 1.70. The maximum atomic E-state index is 13.3. The summed E-state index contributed by atoms with van der Waals surface area (Å²) in [4.78, 5) is 17.5. The van der Waals surface area contributed by atoms with Crippen molar-refractivity contribution in [1.82, 2.24) is 9.38 Å². The molecule has 0 bridgehead atoms. The van der Waals surface area contributed by atoms with Gasteiger partial charge in [-0.05, 0) is 42.8 Å². The molecule has 2 aromatic heterocycles. The van der Waals surface area contributed by atoms with Crippen LogP contribution in [0.5, 0.6) is 0 Å². The monoisotopic (exact) mass is 378 g/mol. The molecule has 1 N–H and O–H groups in total. The number of fused-ring (bicyclic) bond motifs is 3. The second-order valence-electron chi connectivity index (χ2n) is 6.01. The molecule has 0 aliphatic heterocycles. The molecule has 0 atom stereocenters. The fourth-order valence-electron chi connectivity index (χ4n) is 3.03. The van der Waals surface area contributed by atoms with Crippen LogP contribution in [0.15, 0.2) is 47.3 Å². The minimum Gasteiger partial charge on any atom is -0.361 e. The first-order valence-corrected chi connectivity index (χ1v) is 8.44. The first kappa shape index (κ1) is 17.0. The highest BCUT2D eigenvalue weighted by Crippen LogP contribution is 2.20. The second kappa shape index (κ2) is 6.38. The molecule has 7 heteroatoms. The van der Waals surface area contributed by atoms with Gasteiger partial charge in [-0.2, -0.15) is 5.26 Å². The Hall–Kier alpha value is -3.43. The van der Waals surface area contributed by atoms with Gasteiger partial charge in [0.15, 0.2) is 5.65 Å². The van der Waals surface area contributed by atoms with Crippen LogP contribution in [0.1, 0.15) is 11.1 Å². The van der Waals surface area contributed by atoms with Gasteiger partial charge >= 0.3 is 0 Å². The van der Waals surface area contributed by atoms with Gasteiger partial charge in [0.2, 0.25) is 0 Å². The van der Waals surface area contributed by atoms with E-state index < -0.39 is 5.82 Å². The molecule has 4 aromatic rings. The van der Waals surface area contributed by atoms with E-state index in [1.54, 1.807) is 19.1 Å². The Morgan fingerprint density at radius 1 is 1.30 bits per heavy atom. The van der Waals surface area contributed by atoms with E-state index in [1.807, 2.05) is 12.1 Å². The zero-order chi connectivity index (χ0) is 19.1. The number of nitrogens with zero attached hydrogens (tertiary/aromatic N) is 3. The van der Waals surface area contributed by atoms with Crippen LogP contribution in [-0.2, 0) is 0 Å². The lowest BCUT2D eigenvalue weighted by molar-refractivity contribution is 0.628. The van der Waals surface area contributed by atoms with Gasteiger partial charge in [-0.1, -0.05) is 23.7 Å². The zero-order valence-electron chi connectivity index (χ0n) is 14.1. The van der Waals surface area contributed by atoms with Crippen molar-refractivity contribution < 1.29 is 4.39 Å². The molecule has 132 valence electrons. The topological polar surface area (TPSA) is 70.2 Å². The first-order chi connectivity index (χ1) is 13.0. The molecular formula is C20H12ClFN4O. The summed E-state index contributed by atoms with van der Waals surface area (Å²) in [5, 5.41) is 12.9. The number of rotatable bonds is 2. The van der Waals surface area contributed by atoms with E-state index in [1.165, 1.54) is 28.8 Å². The lowest BCUT2D eigenvalue weighted by Gasteiger charge is -2.05. The highest BCUT2D eigenvalue weighted by Gasteiger charge is 2.15. The van der Waals surface area contributed by atoms with Crippen molar-refractivity contribution in [2.75, 3.05) is 5.32 Å². The van der Waals surface area contributed by atoms with E-state index >= 15 is 0 Å². The molecule has 0 amide bonds. The smallest absolute Gasteiger partial charge is 0.265 e. The average Bonchev–Trinajstić information content (AvgIpc) is 3.04. The molecule has 0 saturated heterocycles. The van der Waals surface area contributed by atoms with Gasteiger partial charge in [0.05, 0.1) is 26.8 Å². The van der Waals surface area contributed by atoms with Gasteiger partial charge in [-0.15, -0.1) is 0 Å². The molecule has 27 heavy (non-hydrogen) atoms. The van der Waals surface area contributed by atoms with Crippen LogP contribution in [0.3, 0.4) is 0 Å². The van der Waals surface area contributed by atoms with Crippen molar-refractivity contribution >= 4 is 40.2 Å². The SMILES string of the molecule is Cc1c(C#N)c2nc3ccccc3n2c(=O)/c1=C/Nc1ccc(F)c(Cl)c1. The highest BCUT2D eigenvalue weighted by molar-refractivity contribution is 6.31. The van der Waals surface area contributed by atoms with Gasteiger partial charge in [0.1, 0.15) is 11.9 Å². The number of benzene rings is 2. The van der Waals surface area contributed by atoms with Crippen LogP contribution in [-0.4, -0.2) is 9.38 Å². The molecule has 2 aromatic carbocycles. The third-order valence-electron chi connectivity index (χ3n) is 4.41.